The number of carboxylic acids is 1. The summed E-state index contributed by atoms with van der Waals surface area (Å²) in [5, 5.41) is 12.0. The highest BCUT2D eigenvalue weighted by Crippen LogP contribution is 2.27. The second kappa shape index (κ2) is 5.78. The van der Waals surface area contributed by atoms with Crippen LogP contribution in [0, 0.1) is 19.7 Å². The van der Waals surface area contributed by atoms with Crippen LogP contribution in [0.2, 0.25) is 0 Å². The lowest BCUT2D eigenvalue weighted by Crippen LogP contribution is -2.09. The summed E-state index contributed by atoms with van der Waals surface area (Å²) in [6, 6.07) is 5.83. The van der Waals surface area contributed by atoms with E-state index >= 15 is 0 Å². The smallest absolute Gasteiger partial charge is 0.339 e. The largest absolute Gasteiger partial charge is 0.497 e. The van der Waals surface area contributed by atoms with E-state index < -0.39 is 11.8 Å². The lowest BCUT2D eigenvalue weighted by atomic mass is 10.1. The van der Waals surface area contributed by atoms with Crippen molar-refractivity contribution < 1.29 is 19.0 Å². The molecule has 2 aromatic rings. The van der Waals surface area contributed by atoms with Gasteiger partial charge in [-0.05, 0) is 37.6 Å². The molecule has 0 unspecified atom stereocenters. The van der Waals surface area contributed by atoms with Crippen molar-refractivity contribution in [3.8, 4) is 5.75 Å². The number of pyridine rings is 1. The van der Waals surface area contributed by atoms with Crippen molar-refractivity contribution in [2.45, 2.75) is 13.8 Å². The fourth-order valence-corrected chi connectivity index (χ4v) is 2.05. The molecule has 0 saturated heterocycles. The van der Waals surface area contributed by atoms with Crippen molar-refractivity contribution >= 4 is 17.5 Å². The molecule has 0 radical (unpaired) electrons. The molecule has 0 spiro atoms. The maximum Gasteiger partial charge on any atom is 0.339 e. The van der Waals surface area contributed by atoms with Crippen molar-refractivity contribution in [3.63, 3.8) is 0 Å². The zero-order valence-electron chi connectivity index (χ0n) is 11.9. The number of anilines is 2. The van der Waals surface area contributed by atoms with Crippen LogP contribution in [-0.4, -0.2) is 23.2 Å². The van der Waals surface area contributed by atoms with E-state index in [1.165, 1.54) is 25.3 Å². The van der Waals surface area contributed by atoms with Crippen LogP contribution in [-0.2, 0) is 0 Å². The van der Waals surface area contributed by atoms with Crippen molar-refractivity contribution in [2.24, 2.45) is 0 Å². The summed E-state index contributed by atoms with van der Waals surface area (Å²) in [5.41, 5.74) is 1.32. The van der Waals surface area contributed by atoms with Crippen molar-refractivity contribution in [1.82, 2.24) is 4.98 Å². The minimum atomic E-state index is -1.12. The molecule has 0 aliphatic rings. The van der Waals surface area contributed by atoms with E-state index in [2.05, 4.69) is 10.3 Å². The third-order valence-corrected chi connectivity index (χ3v) is 2.99. The summed E-state index contributed by atoms with van der Waals surface area (Å²) in [6.07, 6.45) is 0. The molecule has 2 N–H and O–H groups in total. The third-order valence-electron chi connectivity index (χ3n) is 2.99. The van der Waals surface area contributed by atoms with Crippen LogP contribution in [0.4, 0.5) is 15.9 Å². The molecule has 21 heavy (non-hydrogen) atoms. The monoisotopic (exact) mass is 290 g/mol. The first-order valence-electron chi connectivity index (χ1n) is 6.24. The second-order valence-electron chi connectivity index (χ2n) is 4.58. The van der Waals surface area contributed by atoms with Gasteiger partial charge in [0.25, 0.3) is 0 Å². The van der Waals surface area contributed by atoms with E-state index in [0.717, 1.165) is 0 Å². The molecule has 0 atom stereocenters. The number of halogens is 1. The molecule has 0 bridgehead atoms. The molecule has 1 aromatic heterocycles. The molecule has 0 saturated carbocycles. The Morgan fingerprint density at radius 1 is 1.33 bits per heavy atom. The zero-order valence-corrected chi connectivity index (χ0v) is 11.9. The predicted molar refractivity (Wildman–Crippen MR) is 76.9 cm³/mol. The minimum absolute atomic E-state index is 0.0165. The number of hydrogen-bond donors (Lipinski definition) is 2. The number of nitrogens with zero attached hydrogens (tertiary/aromatic N) is 1. The minimum Gasteiger partial charge on any atom is -0.497 e. The number of carboxylic acid groups (broad SMARTS) is 1. The van der Waals surface area contributed by atoms with Crippen LogP contribution in [0.5, 0.6) is 5.75 Å². The highest BCUT2D eigenvalue weighted by molar-refractivity contribution is 5.95. The normalized spacial score (nSPS) is 10.3. The highest BCUT2D eigenvalue weighted by Gasteiger charge is 2.17. The Bertz CT molecular complexity index is 702. The summed E-state index contributed by atoms with van der Waals surface area (Å²) in [7, 11) is 1.47. The number of aromatic nitrogens is 1. The van der Waals surface area contributed by atoms with E-state index in [1.54, 1.807) is 19.9 Å². The van der Waals surface area contributed by atoms with E-state index in [9.17, 15) is 14.3 Å². The average molecular weight is 290 g/mol. The van der Waals surface area contributed by atoms with Gasteiger partial charge < -0.3 is 15.2 Å². The Labute approximate surface area is 121 Å². The van der Waals surface area contributed by atoms with Gasteiger partial charge in [0.15, 0.2) is 0 Å². The number of hydrogen-bond acceptors (Lipinski definition) is 4. The van der Waals surface area contributed by atoms with Gasteiger partial charge in [-0.15, -0.1) is 0 Å². The Hall–Kier alpha value is -2.63. The maximum absolute atomic E-state index is 13.8. The van der Waals surface area contributed by atoms with Crippen molar-refractivity contribution in [3.05, 3.63) is 46.9 Å². The highest BCUT2D eigenvalue weighted by atomic mass is 19.1. The number of rotatable bonds is 4. The predicted octanol–water partition coefficient (Wildman–Crippen LogP) is 3.29. The number of aryl methyl sites for hydroxylation is 2. The first-order chi connectivity index (χ1) is 9.92. The topological polar surface area (TPSA) is 71.5 Å². The fraction of sp³-hybridized carbons (Fsp3) is 0.200. The SMILES string of the molecule is COc1ccc(F)c(Nc2nc(C)cc(C)c2C(=O)O)c1. The van der Waals surface area contributed by atoms with Gasteiger partial charge >= 0.3 is 5.97 Å². The number of benzene rings is 1. The van der Waals surface area contributed by atoms with Crippen LogP contribution >= 0.6 is 0 Å². The summed E-state index contributed by atoms with van der Waals surface area (Å²) in [5.74, 6) is -1.08. The quantitative estimate of drug-likeness (QED) is 0.904. The van der Waals surface area contributed by atoms with Gasteiger partial charge in [-0.3, -0.25) is 0 Å². The van der Waals surface area contributed by atoms with Crippen LogP contribution in [0.15, 0.2) is 24.3 Å². The van der Waals surface area contributed by atoms with E-state index in [4.69, 9.17) is 4.74 Å². The molecule has 110 valence electrons. The fourth-order valence-electron chi connectivity index (χ4n) is 2.05. The Morgan fingerprint density at radius 3 is 2.67 bits per heavy atom. The van der Waals surface area contributed by atoms with Gasteiger partial charge in [-0.25, -0.2) is 14.2 Å². The Balaban J connectivity index is 2.51. The van der Waals surface area contributed by atoms with Crippen LogP contribution in [0.1, 0.15) is 21.6 Å². The van der Waals surface area contributed by atoms with Crippen LogP contribution < -0.4 is 10.1 Å². The molecule has 6 heteroatoms. The molecule has 1 aromatic carbocycles. The third kappa shape index (κ3) is 3.10. The Kier molecular flexibility index (Phi) is 4.07. The molecular weight excluding hydrogens is 275 g/mol. The summed E-state index contributed by atoms with van der Waals surface area (Å²) < 4.78 is 18.9. The number of carbonyl (C=O) groups is 1. The number of aromatic carboxylic acids is 1. The second-order valence-corrected chi connectivity index (χ2v) is 4.58. The zero-order chi connectivity index (χ0) is 15.6. The van der Waals surface area contributed by atoms with Gasteiger partial charge in [-0.1, -0.05) is 0 Å². The molecular formula is C15H15FN2O3. The van der Waals surface area contributed by atoms with Crippen molar-refractivity contribution in [1.29, 1.82) is 0 Å². The maximum atomic E-state index is 13.8. The average Bonchev–Trinajstić information content (AvgIpc) is 2.40. The van der Waals surface area contributed by atoms with Gasteiger partial charge in [-0.2, -0.15) is 0 Å². The molecule has 1 heterocycles. The molecule has 0 aliphatic heterocycles. The number of ether oxygens (including phenoxy) is 1. The van der Waals surface area contributed by atoms with Gasteiger partial charge in [0.1, 0.15) is 22.9 Å². The summed E-state index contributed by atoms with van der Waals surface area (Å²) in [6.45, 7) is 3.41. The molecule has 0 aliphatic carbocycles. The van der Waals surface area contributed by atoms with Crippen molar-refractivity contribution in [2.75, 3.05) is 12.4 Å². The van der Waals surface area contributed by atoms with E-state index in [1.807, 2.05) is 0 Å². The summed E-state index contributed by atoms with van der Waals surface area (Å²) >= 11 is 0. The van der Waals surface area contributed by atoms with Gasteiger partial charge in [0.05, 0.1) is 12.8 Å². The van der Waals surface area contributed by atoms with Crippen LogP contribution in [0.25, 0.3) is 0 Å². The van der Waals surface area contributed by atoms with E-state index in [-0.39, 0.29) is 17.1 Å². The summed E-state index contributed by atoms with van der Waals surface area (Å²) in [4.78, 5) is 15.5. The lowest BCUT2D eigenvalue weighted by molar-refractivity contribution is 0.0697. The lowest BCUT2D eigenvalue weighted by Gasteiger charge is -2.13. The standard InChI is InChI=1S/C15H15FN2O3/c1-8-6-9(2)17-14(13(8)15(19)20)18-12-7-10(21-3)4-5-11(12)16/h4-7H,1-3H3,(H,17,18)(H,19,20). The molecule has 2 rings (SSSR count). The number of nitrogens with one attached hydrogen (secondary N) is 1. The van der Waals surface area contributed by atoms with Gasteiger partial charge in [0.2, 0.25) is 0 Å². The first kappa shape index (κ1) is 14.8. The van der Waals surface area contributed by atoms with E-state index in [0.29, 0.717) is 17.0 Å². The van der Waals surface area contributed by atoms with Crippen LogP contribution in [0.3, 0.4) is 0 Å². The van der Waals surface area contributed by atoms with Gasteiger partial charge in [0, 0.05) is 11.8 Å². The molecule has 0 fully saturated rings. The molecule has 5 nitrogen and oxygen atoms in total. The number of methoxy groups -OCH3 is 1. The first-order valence-corrected chi connectivity index (χ1v) is 6.24. The Morgan fingerprint density at radius 2 is 2.05 bits per heavy atom. The molecule has 0 amide bonds.